The average molecular weight is 449 g/mol. The normalized spacial score (nSPS) is 14.1. The number of nitrogens with one attached hydrogen (secondary N) is 2. The maximum atomic E-state index is 12.8. The molecule has 1 aliphatic rings. The second-order valence-corrected chi connectivity index (χ2v) is 7.17. The van der Waals surface area contributed by atoms with E-state index in [2.05, 4.69) is 31.0 Å². The van der Waals surface area contributed by atoms with Gasteiger partial charge in [-0.25, -0.2) is 5.10 Å². The van der Waals surface area contributed by atoms with Crippen molar-refractivity contribution in [2.45, 2.75) is 6.04 Å². The van der Waals surface area contributed by atoms with Crippen LogP contribution in [0, 0.1) is 0 Å². The van der Waals surface area contributed by atoms with Crippen LogP contribution in [0.15, 0.2) is 41.2 Å². The minimum Gasteiger partial charge on any atom is -0.504 e. The summed E-state index contributed by atoms with van der Waals surface area (Å²) in [6.07, 6.45) is 0. The molecule has 4 aromatic rings. The summed E-state index contributed by atoms with van der Waals surface area (Å²) in [6.45, 7) is 0. The van der Waals surface area contributed by atoms with Crippen molar-refractivity contribution in [3.8, 4) is 34.3 Å². The van der Waals surface area contributed by atoms with E-state index < -0.39 is 11.6 Å². The van der Waals surface area contributed by atoms with Gasteiger partial charge in [-0.2, -0.15) is 9.78 Å². The lowest BCUT2D eigenvalue weighted by Gasteiger charge is -2.28. The minimum atomic E-state index is -0.640. The number of ether oxygens (including phenoxy) is 3. The van der Waals surface area contributed by atoms with Gasteiger partial charge in [0.25, 0.3) is 5.56 Å². The summed E-state index contributed by atoms with van der Waals surface area (Å²) >= 11 is 0. The Balaban J connectivity index is 1.79. The highest BCUT2D eigenvalue weighted by atomic mass is 16.5. The zero-order valence-corrected chi connectivity index (χ0v) is 17.9. The highest BCUT2D eigenvalue weighted by molar-refractivity contribution is 5.76. The van der Waals surface area contributed by atoms with Crippen molar-refractivity contribution < 1.29 is 19.3 Å². The molecule has 0 spiro atoms. The molecule has 3 heterocycles. The topological polar surface area (TPSA) is 149 Å². The Hall–Kier alpha value is -4.61. The van der Waals surface area contributed by atoms with Crippen LogP contribution >= 0.6 is 0 Å². The molecule has 2 aromatic carbocycles. The lowest BCUT2D eigenvalue weighted by atomic mass is 9.92. The molecule has 12 nitrogen and oxygen atoms in total. The van der Waals surface area contributed by atoms with Gasteiger partial charge >= 0.3 is 0 Å². The predicted molar refractivity (Wildman–Crippen MR) is 116 cm³/mol. The number of rotatable bonds is 5. The van der Waals surface area contributed by atoms with E-state index in [1.54, 1.807) is 36.1 Å². The molecule has 1 atom stereocenters. The number of nitrogens with zero attached hydrogens (tertiary/aromatic N) is 5. The highest BCUT2D eigenvalue weighted by Gasteiger charge is 2.35. The van der Waals surface area contributed by atoms with Crippen LogP contribution < -0.4 is 25.1 Å². The molecule has 1 aliphatic heterocycles. The minimum absolute atomic E-state index is 0.0171. The smallest absolute Gasteiger partial charge is 0.288 e. The third kappa shape index (κ3) is 3.19. The van der Waals surface area contributed by atoms with Gasteiger partial charge in [0.1, 0.15) is 11.7 Å². The van der Waals surface area contributed by atoms with Crippen molar-refractivity contribution in [2.24, 2.45) is 0 Å². The van der Waals surface area contributed by atoms with Gasteiger partial charge in [-0.1, -0.05) is 11.2 Å². The molecule has 0 radical (unpaired) electrons. The molecule has 1 unspecified atom stereocenters. The lowest BCUT2D eigenvalue weighted by Crippen LogP contribution is -2.29. The molecule has 0 saturated carbocycles. The second-order valence-electron chi connectivity index (χ2n) is 7.17. The Morgan fingerprint density at radius 2 is 1.79 bits per heavy atom. The molecule has 0 amide bonds. The van der Waals surface area contributed by atoms with Crippen molar-refractivity contribution >= 4 is 11.6 Å². The predicted octanol–water partition coefficient (Wildman–Crippen LogP) is 1.85. The first kappa shape index (κ1) is 20.3. The Morgan fingerprint density at radius 1 is 1.00 bits per heavy atom. The van der Waals surface area contributed by atoms with Crippen molar-refractivity contribution in [3.05, 3.63) is 57.9 Å². The van der Waals surface area contributed by atoms with E-state index in [0.29, 0.717) is 33.9 Å². The largest absolute Gasteiger partial charge is 0.504 e. The highest BCUT2D eigenvalue weighted by Crippen LogP contribution is 2.43. The number of hydrogen-bond acceptors (Lipinski definition) is 10. The first-order valence-corrected chi connectivity index (χ1v) is 9.82. The molecule has 0 saturated heterocycles. The van der Waals surface area contributed by atoms with Gasteiger partial charge in [-0.15, -0.1) is 0 Å². The molecular formula is C21H19N7O5. The fraction of sp³-hybridized carbons (Fsp3) is 0.190. The molecular weight excluding hydrogens is 430 g/mol. The van der Waals surface area contributed by atoms with Crippen molar-refractivity contribution in [1.29, 1.82) is 0 Å². The van der Waals surface area contributed by atoms with E-state index in [1.165, 1.54) is 20.3 Å². The number of hydrogen-bond donors (Lipinski definition) is 3. The maximum absolute atomic E-state index is 12.8. The number of aromatic amines is 1. The van der Waals surface area contributed by atoms with Crippen molar-refractivity contribution in [1.82, 2.24) is 30.4 Å². The second kappa shape index (κ2) is 7.82. The first-order chi connectivity index (χ1) is 16.0. The molecule has 0 fully saturated rings. The van der Waals surface area contributed by atoms with Gasteiger partial charge in [0.05, 0.1) is 27.0 Å². The summed E-state index contributed by atoms with van der Waals surface area (Å²) in [7, 11) is 4.55. The number of methoxy groups -OCH3 is 3. The van der Waals surface area contributed by atoms with Crippen molar-refractivity contribution in [2.75, 3.05) is 26.6 Å². The third-order valence-electron chi connectivity index (χ3n) is 5.44. The number of tetrazole rings is 1. The first-order valence-electron chi connectivity index (χ1n) is 9.82. The molecule has 2 aromatic heterocycles. The monoisotopic (exact) mass is 449 g/mol. The van der Waals surface area contributed by atoms with Crippen LogP contribution in [0.5, 0.6) is 23.0 Å². The zero-order chi connectivity index (χ0) is 23.1. The molecule has 0 bridgehead atoms. The molecule has 168 valence electrons. The fourth-order valence-corrected chi connectivity index (χ4v) is 3.91. The number of aromatic hydroxyl groups is 1. The number of benzene rings is 2. The molecule has 33 heavy (non-hydrogen) atoms. The van der Waals surface area contributed by atoms with Gasteiger partial charge in [0.15, 0.2) is 23.0 Å². The molecule has 5 rings (SSSR count). The molecule has 0 aliphatic carbocycles. The van der Waals surface area contributed by atoms with Crippen molar-refractivity contribution in [3.63, 3.8) is 0 Å². The van der Waals surface area contributed by atoms with Crippen LogP contribution in [0.4, 0.5) is 11.6 Å². The van der Waals surface area contributed by atoms with Crippen LogP contribution in [0.1, 0.15) is 17.2 Å². The molecule has 12 heteroatoms. The summed E-state index contributed by atoms with van der Waals surface area (Å²) in [6, 6.07) is 9.58. The maximum Gasteiger partial charge on any atom is 0.288 e. The van der Waals surface area contributed by atoms with Crippen LogP contribution in [0.25, 0.3) is 11.3 Å². The van der Waals surface area contributed by atoms with E-state index in [9.17, 15) is 9.90 Å². The number of H-pyrrole nitrogens is 1. The standard InChI is InChI=1S/C21H19N7O5/c1-31-13-7-5-10(8-15(13)33-3)17-16-18(20(30)24-23-17)22-21-25-26-27-28(21)19(16)11-4-6-12(29)14(9-11)32-2/h4-9,19,29H,1-3H3,(H,24,30)(H,22,25,27). The zero-order valence-electron chi connectivity index (χ0n) is 17.9. The van der Waals surface area contributed by atoms with Crippen LogP contribution in [0.2, 0.25) is 0 Å². The van der Waals surface area contributed by atoms with Crippen LogP contribution in [0.3, 0.4) is 0 Å². The van der Waals surface area contributed by atoms with Crippen LogP contribution in [-0.2, 0) is 0 Å². The van der Waals surface area contributed by atoms with Gasteiger partial charge in [0.2, 0.25) is 5.95 Å². The van der Waals surface area contributed by atoms with E-state index in [0.717, 1.165) is 0 Å². The third-order valence-corrected chi connectivity index (χ3v) is 5.44. The van der Waals surface area contributed by atoms with Gasteiger partial charge in [-0.3, -0.25) is 4.79 Å². The van der Waals surface area contributed by atoms with E-state index in [4.69, 9.17) is 14.2 Å². The van der Waals surface area contributed by atoms with Gasteiger partial charge in [0, 0.05) is 11.1 Å². The summed E-state index contributed by atoms with van der Waals surface area (Å²) < 4.78 is 17.6. The summed E-state index contributed by atoms with van der Waals surface area (Å²) in [5.41, 5.74) is 2.20. The van der Waals surface area contributed by atoms with Gasteiger partial charge in [-0.05, 0) is 46.3 Å². The van der Waals surface area contributed by atoms with E-state index >= 15 is 0 Å². The van der Waals surface area contributed by atoms with Crippen LogP contribution in [-0.4, -0.2) is 56.8 Å². The van der Waals surface area contributed by atoms with E-state index in [-0.39, 0.29) is 23.1 Å². The summed E-state index contributed by atoms with van der Waals surface area (Å²) in [4.78, 5) is 12.8. The van der Waals surface area contributed by atoms with Gasteiger partial charge < -0.3 is 24.6 Å². The quantitative estimate of drug-likeness (QED) is 0.363. The Labute approximate surface area is 186 Å². The number of fused-ring (bicyclic) bond motifs is 2. The number of phenolic OH excluding ortho intramolecular Hbond substituents is 1. The Kier molecular flexibility index (Phi) is 4.81. The Bertz CT molecular complexity index is 1410. The van der Waals surface area contributed by atoms with E-state index in [1.807, 2.05) is 6.07 Å². The molecule has 3 N–H and O–H groups in total. The Morgan fingerprint density at radius 3 is 2.55 bits per heavy atom. The summed E-state index contributed by atoms with van der Waals surface area (Å²) in [5.74, 6) is 1.60. The number of phenols is 1. The SMILES string of the molecule is COc1cc(C2c3c(-c4ccc(OC)c(OC)c4)n[nH]c(=O)c3Nc3nnnn32)ccc1O. The summed E-state index contributed by atoms with van der Waals surface area (Å²) in [5, 5.41) is 31.8. The lowest BCUT2D eigenvalue weighted by molar-refractivity contribution is 0.355. The average Bonchev–Trinajstić information content (AvgIpc) is 3.31. The number of anilines is 2. The number of aromatic nitrogens is 6. The fourth-order valence-electron chi connectivity index (χ4n) is 3.91.